The lowest BCUT2D eigenvalue weighted by Crippen LogP contribution is -2.04. The van der Waals surface area contributed by atoms with Gasteiger partial charge in [-0.25, -0.2) is 0 Å². The molecule has 30 heavy (non-hydrogen) atoms. The number of benzene rings is 3. The fraction of sp³-hybridized carbons (Fsp3) is 0.182. The zero-order chi connectivity index (χ0) is 21.7. The van der Waals surface area contributed by atoms with Crippen molar-refractivity contribution in [3.8, 4) is 11.5 Å². The van der Waals surface area contributed by atoms with Gasteiger partial charge in [-0.15, -0.1) is 0 Å². The van der Waals surface area contributed by atoms with E-state index in [9.17, 15) is 0 Å². The summed E-state index contributed by atoms with van der Waals surface area (Å²) in [5.74, 6) is 1.12. The molecule has 3 rings (SSSR count). The Hall–Kier alpha value is -1.49. The second-order valence-corrected chi connectivity index (χ2v) is 8.42. The maximum atomic E-state index is 6.49. The van der Waals surface area contributed by atoms with Gasteiger partial charge in [0.2, 0.25) is 0 Å². The Kier molecular flexibility index (Phi) is 8.27. The van der Waals surface area contributed by atoms with Crippen molar-refractivity contribution in [1.82, 2.24) is 0 Å². The maximum absolute atomic E-state index is 6.49. The second kappa shape index (κ2) is 10.7. The zero-order valence-electron chi connectivity index (χ0n) is 15.9. The van der Waals surface area contributed by atoms with Crippen LogP contribution >= 0.6 is 58.0 Å². The predicted octanol–water partition coefficient (Wildman–Crippen LogP) is 8.54. The Morgan fingerprint density at radius 2 is 1.33 bits per heavy atom. The number of anilines is 1. The quantitative estimate of drug-likeness (QED) is 0.333. The maximum Gasteiger partial charge on any atom is 0.163 e. The normalized spacial score (nSPS) is 10.7. The molecule has 1 N–H and O–H groups in total. The standard InChI is InChI=1S/C22H18Cl5NO2/c1-2-29-21-7-14(11-28-20-6-5-16(24)9-19(20)27)18(26)10-22(21)30-12-13-3-4-15(23)8-17(13)25/h3-10,28H,2,11-12H2,1H3. The fourth-order valence-electron chi connectivity index (χ4n) is 2.71. The third kappa shape index (κ3) is 6.03. The molecule has 0 fully saturated rings. The average Bonchev–Trinajstić information content (AvgIpc) is 2.69. The minimum Gasteiger partial charge on any atom is -0.490 e. The number of hydrogen-bond acceptors (Lipinski definition) is 3. The van der Waals surface area contributed by atoms with Crippen molar-refractivity contribution in [2.24, 2.45) is 0 Å². The lowest BCUT2D eigenvalue weighted by molar-refractivity contribution is 0.269. The highest BCUT2D eigenvalue weighted by Gasteiger charge is 2.13. The number of hydrogen-bond donors (Lipinski definition) is 1. The summed E-state index contributed by atoms with van der Waals surface area (Å²) < 4.78 is 11.7. The third-order valence-corrected chi connectivity index (χ3v) is 5.70. The number of nitrogens with one attached hydrogen (secondary N) is 1. The Morgan fingerprint density at radius 3 is 2.00 bits per heavy atom. The molecule has 0 spiro atoms. The molecule has 0 aliphatic rings. The molecule has 0 saturated heterocycles. The van der Waals surface area contributed by atoms with Crippen molar-refractivity contribution in [2.75, 3.05) is 11.9 Å². The summed E-state index contributed by atoms with van der Waals surface area (Å²) in [6.07, 6.45) is 0. The van der Waals surface area contributed by atoms with Gasteiger partial charge < -0.3 is 14.8 Å². The molecule has 0 heterocycles. The van der Waals surface area contributed by atoms with Crippen molar-refractivity contribution in [2.45, 2.75) is 20.1 Å². The number of halogens is 5. The van der Waals surface area contributed by atoms with Crippen LogP contribution in [0.25, 0.3) is 0 Å². The molecule has 0 aliphatic heterocycles. The van der Waals surface area contributed by atoms with E-state index < -0.39 is 0 Å². The Labute approximate surface area is 200 Å². The molecule has 0 saturated carbocycles. The van der Waals surface area contributed by atoms with Crippen molar-refractivity contribution >= 4 is 63.7 Å². The van der Waals surface area contributed by atoms with E-state index in [-0.39, 0.29) is 6.61 Å². The highest BCUT2D eigenvalue weighted by Crippen LogP contribution is 2.35. The van der Waals surface area contributed by atoms with E-state index in [0.717, 1.165) is 16.8 Å². The zero-order valence-corrected chi connectivity index (χ0v) is 19.7. The van der Waals surface area contributed by atoms with Crippen LogP contribution in [0.3, 0.4) is 0 Å². The first kappa shape index (κ1) is 23.2. The summed E-state index contributed by atoms with van der Waals surface area (Å²) in [4.78, 5) is 0. The summed E-state index contributed by atoms with van der Waals surface area (Å²) in [6, 6.07) is 14.1. The second-order valence-electron chi connectivity index (χ2n) is 6.33. The molecule has 3 aromatic carbocycles. The van der Waals surface area contributed by atoms with Crippen LogP contribution in [0.1, 0.15) is 18.1 Å². The van der Waals surface area contributed by atoms with E-state index >= 15 is 0 Å². The van der Waals surface area contributed by atoms with E-state index in [2.05, 4.69) is 5.32 Å². The van der Waals surface area contributed by atoms with Crippen LogP contribution < -0.4 is 14.8 Å². The van der Waals surface area contributed by atoms with Crippen LogP contribution in [-0.2, 0) is 13.2 Å². The van der Waals surface area contributed by atoms with E-state index in [0.29, 0.717) is 49.8 Å². The average molecular weight is 506 g/mol. The van der Waals surface area contributed by atoms with E-state index in [4.69, 9.17) is 67.5 Å². The molecular weight excluding hydrogens is 488 g/mol. The van der Waals surface area contributed by atoms with Crippen LogP contribution in [0.4, 0.5) is 5.69 Å². The van der Waals surface area contributed by atoms with Gasteiger partial charge in [0.05, 0.1) is 17.3 Å². The first-order valence-corrected chi connectivity index (χ1v) is 11.0. The first-order valence-electron chi connectivity index (χ1n) is 9.08. The Bertz CT molecular complexity index is 1040. The van der Waals surface area contributed by atoms with E-state index in [1.165, 1.54) is 0 Å². The molecule has 8 heteroatoms. The number of ether oxygens (including phenoxy) is 2. The molecule has 0 unspecified atom stereocenters. The minimum atomic E-state index is 0.254. The largest absolute Gasteiger partial charge is 0.490 e. The third-order valence-electron chi connectivity index (χ3n) is 4.21. The van der Waals surface area contributed by atoms with Crippen LogP contribution in [0, 0.1) is 0 Å². The molecule has 3 nitrogen and oxygen atoms in total. The van der Waals surface area contributed by atoms with Gasteiger partial charge in [-0.2, -0.15) is 0 Å². The van der Waals surface area contributed by atoms with Crippen LogP contribution in [0.2, 0.25) is 25.1 Å². The summed E-state index contributed by atoms with van der Waals surface area (Å²) in [6.45, 7) is 3.09. The van der Waals surface area contributed by atoms with E-state index in [1.807, 2.05) is 25.1 Å². The molecule has 0 bridgehead atoms. The van der Waals surface area contributed by atoms with Gasteiger partial charge in [-0.1, -0.05) is 64.1 Å². The summed E-state index contributed by atoms with van der Waals surface area (Å²) in [5, 5.41) is 6.00. The predicted molar refractivity (Wildman–Crippen MR) is 127 cm³/mol. The summed E-state index contributed by atoms with van der Waals surface area (Å²) in [5.41, 5.74) is 2.40. The van der Waals surface area contributed by atoms with Crippen LogP contribution in [0.15, 0.2) is 48.5 Å². The molecule has 0 radical (unpaired) electrons. The molecule has 0 amide bonds. The van der Waals surface area contributed by atoms with E-state index in [1.54, 1.807) is 30.3 Å². The van der Waals surface area contributed by atoms with Gasteiger partial charge in [-0.05, 0) is 48.9 Å². The van der Waals surface area contributed by atoms with Crippen LogP contribution in [0.5, 0.6) is 11.5 Å². The van der Waals surface area contributed by atoms with Gasteiger partial charge in [0.15, 0.2) is 11.5 Å². The monoisotopic (exact) mass is 503 g/mol. The summed E-state index contributed by atoms with van der Waals surface area (Å²) >= 11 is 30.8. The highest BCUT2D eigenvalue weighted by atomic mass is 35.5. The molecular formula is C22H18Cl5NO2. The molecule has 0 aliphatic carbocycles. The van der Waals surface area contributed by atoms with Crippen molar-refractivity contribution < 1.29 is 9.47 Å². The smallest absolute Gasteiger partial charge is 0.163 e. The molecule has 0 aromatic heterocycles. The van der Waals surface area contributed by atoms with Crippen molar-refractivity contribution in [3.63, 3.8) is 0 Å². The van der Waals surface area contributed by atoms with Gasteiger partial charge in [-0.3, -0.25) is 0 Å². The van der Waals surface area contributed by atoms with Gasteiger partial charge in [0.1, 0.15) is 6.61 Å². The highest BCUT2D eigenvalue weighted by molar-refractivity contribution is 6.36. The summed E-state index contributed by atoms with van der Waals surface area (Å²) in [7, 11) is 0. The fourth-order valence-corrected chi connectivity index (χ4v) is 3.87. The van der Waals surface area contributed by atoms with Crippen molar-refractivity contribution in [1.29, 1.82) is 0 Å². The topological polar surface area (TPSA) is 30.5 Å². The minimum absolute atomic E-state index is 0.254. The van der Waals surface area contributed by atoms with Crippen molar-refractivity contribution in [3.05, 3.63) is 84.8 Å². The van der Waals surface area contributed by atoms with Gasteiger partial charge >= 0.3 is 0 Å². The van der Waals surface area contributed by atoms with Gasteiger partial charge in [0.25, 0.3) is 0 Å². The SMILES string of the molecule is CCOc1cc(CNc2ccc(Cl)cc2Cl)c(Cl)cc1OCc1ccc(Cl)cc1Cl. The van der Waals surface area contributed by atoms with Gasteiger partial charge in [0, 0.05) is 38.3 Å². The molecule has 3 aromatic rings. The lowest BCUT2D eigenvalue weighted by Gasteiger charge is -2.16. The Morgan fingerprint density at radius 1 is 0.700 bits per heavy atom. The Balaban J connectivity index is 1.77. The first-order chi connectivity index (χ1) is 14.4. The lowest BCUT2D eigenvalue weighted by atomic mass is 10.2. The molecule has 158 valence electrons. The van der Waals surface area contributed by atoms with Crippen LogP contribution in [-0.4, -0.2) is 6.61 Å². The number of rotatable bonds is 8. The molecule has 0 atom stereocenters.